The molecule has 0 amide bonds. The molecule has 0 aromatic carbocycles. The van der Waals surface area contributed by atoms with Crippen molar-refractivity contribution in [2.24, 2.45) is 7.05 Å². The molecule has 1 aliphatic heterocycles. The molecule has 0 bridgehead atoms. The number of anilines is 1. The Morgan fingerprint density at radius 1 is 1.59 bits per heavy atom. The second-order valence-corrected chi connectivity index (χ2v) is 5.95. The van der Waals surface area contributed by atoms with Crippen LogP contribution in [0.25, 0.3) is 0 Å². The highest BCUT2D eigenvalue weighted by atomic mass is 32.2. The van der Waals surface area contributed by atoms with Gasteiger partial charge in [-0.3, -0.25) is 4.68 Å². The highest BCUT2D eigenvalue weighted by Crippen LogP contribution is 2.23. The summed E-state index contributed by atoms with van der Waals surface area (Å²) in [6, 6.07) is -0.187. The van der Waals surface area contributed by atoms with Crippen molar-refractivity contribution in [1.82, 2.24) is 14.1 Å². The fourth-order valence-electron chi connectivity index (χ4n) is 1.88. The summed E-state index contributed by atoms with van der Waals surface area (Å²) in [6.07, 6.45) is 1.42. The standard InChI is InChI=1S/C9H16N4O3S/c1-7-6-16-4-3-13(7)17(14,15)8-5-12(2)11-9(8)10/h5,7H,3-4,6H2,1-2H3,(H2,10,11)/t7-/m1/s1. The predicted octanol–water partition coefficient (Wildman–Crippen LogP) is -0.588. The maximum absolute atomic E-state index is 12.4. The largest absolute Gasteiger partial charge is 0.381 e. The van der Waals surface area contributed by atoms with Crippen molar-refractivity contribution in [2.75, 3.05) is 25.5 Å². The van der Waals surface area contributed by atoms with E-state index in [0.29, 0.717) is 19.8 Å². The minimum atomic E-state index is -3.58. The van der Waals surface area contributed by atoms with Crippen molar-refractivity contribution < 1.29 is 13.2 Å². The molecule has 2 N–H and O–H groups in total. The molecule has 7 nitrogen and oxygen atoms in total. The van der Waals surface area contributed by atoms with Gasteiger partial charge in [0, 0.05) is 25.8 Å². The third-order valence-electron chi connectivity index (χ3n) is 2.72. The van der Waals surface area contributed by atoms with Gasteiger partial charge in [-0.15, -0.1) is 0 Å². The molecule has 0 aliphatic carbocycles. The molecule has 1 aromatic rings. The zero-order valence-corrected chi connectivity index (χ0v) is 10.6. The molecule has 0 saturated carbocycles. The van der Waals surface area contributed by atoms with Crippen LogP contribution >= 0.6 is 0 Å². The number of morpholine rings is 1. The first-order chi connectivity index (χ1) is 7.93. The van der Waals surface area contributed by atoms with Crippen LogP contribution in [-0.2, 0) is 21.8 Å². The van der Waals surface area contributed by atoms with Gasteiger partial charge >= 0.3 is 0 Å². The summed E-state index contributed by atoms with van der Waals surface area (Å²) in [4.78, 5) is 0.0637. The molecule has 8 heteroatoms. The van der Waals surface area contributed by atoms with E-state index in [1.165, 1.54) is 15.2 Å². The number of nitrogens with zero attached hydrogens (tertiary/aromatic N) is 3. The normalized spacial score (nSPS) is 22.8. The van der Waals surface area contributed by atoms with Gasteiger partial charge in [0.05, 0.1) is 13.2 Å². The molecule has 2 rings (SSSR count). The van der Waals surface area contributed by atoms with E-state index in [1.807, 2.05) is 6.92 Å². The molecule has 1 aliphatic rings. The molecule has 17 heavy (non-hydrogen) atoms. The lowest BCUT2D eigenvalue weighted by Crippen LogP contribution is -2.47. The van der Waals surface area contributed by atoms with E-state index >= 15 is 0 Å². The van der Waals surface area contributed by atoms with Crippen LogP contribution in [0.2, 0.25) is 0 Å². The number of hydrogen-bond acceptors (Lipinski definition) is 5. The Morgan fingerprint density at radius 3 is 2.82 bits per heavy atom. The Bertz CT molecular complexity index is 510. The van der Waals surface area contributed by atoms with Gasteiger partial charge in [-0.25, -0.2) is 8.42 Å². The van der Waals surface area contributed by atoms with Gasteiger partial charge in [-0.1, -0.05) is 0 Å². The molecule has 0 radical (unpaired) electrons. The molecule has 1 fully saturated rings. The number of rotatable bonds is 2. The smallest absolute Gasteiger partial charge is 0.248 e. The van der Waals surface area contributed by atoms with E-state index in [1.54, 1.807) is 7.05 Å². The Labute approximate surface area is 100 Å². The minimum absolute atomic E-state index is 0.0335. The van der Waals surface area contributed by atoms with E-state index in [0.717, 1.165) is 0 Å². The van der Waals surface area contributed by atoms with E-state index in [9.17, 15) is 8.42 Å². The highest BCUT2D eigenvalue weighted by Gasteiger charge is 2.33. The lowest BCUT2D eigenvalue weighted by atomic mass is 10.3. The quantitative estimate of drug-likeness (QED) is 0.767. The fourth-order valence-corrected chi connectivity index (χ4v) is 3.57. The van der Waals surface area contributed by atoms with Crippen LogP contribution in [-0.4, -0.2) is 48.3 Å². The third kappa shape index (κ3) is 2.15. The first-order valence-electron chi connectivity index (χ1n) is 5.31. The summed E-state index contributed by atoms with van der Waals surface area (Å²) in [5.74, 6) is 0.0335. The summed E-state index contributed by atoms with van der Waals surface area (Å²) >= 11 is 0. The van der Waals surface area contributed by atoms with Crippen molar-refractivity contribution in [1.29, 1.82) is 0 Å². The SMILES string of the molecule is C[C@@H]1COCCN1S(=O)(=O)c1cn(C)nc1N. The van der Waals surface area contributed by atoms with Crippen LogP contribution in [0.3, 0.4) is 0 Å². The summed E-state index contributed by atoms with van der Waals surface area (Å²) in [5, 5.41) is 3.85. The highest BCUT2D eigenvalue weighted by molar-refractivity contribution is 7.89. The van der Waals surface area contributed by atoms with Crippen LogP contribution in [0.15, 0.2) is 11.1 Å². The zero-order chi connectivity index (χ0) is 12.6. The lowest BCUT2D eigenvalue weighted by Gasteiger charge is -2.31. The molecular formula is C9H16N4O3S. The summed E-state index contributed by atoms with van der Waals surface area (Å²) in [6.45, 7) is 2.96. The van der Waals surface area contributed by atoms with Crippen molar-refractivity contribution in [3.63, 3.8) is 0 Å². The Kier molecular flexibility index (Phi) is 3.11. The summed E-state index contributed by atoms with van der Waals surface area (Å²) in [5.41, 5.74) is 5.61. The molecule has 2 heterocycles. The van der Waals surface area contributed by atoms with E-state index in [2.05, 4.69) is 5.10 Å². The van der Waals surface area contributed by atoms with Crippen LogP contribution in [0.4, 0.5) is 5.82 Å². The fraction of sp³-hybridized carbons (Fsp3) is 0.667. The van der Waals surface area contributed by atoms with E-state index in [-0.39, 0.29) is 16.8 Å². The topological polar surface area (TPSA) is 90.5 Å². The second-order valence-electron chi connectivity index (χ2n) is 4.09. The van der Waals surface area contributed by atoms with Gasteiger partial charge in [0.2, 0.25) is 10.0 Å². The van der Waals surface area contributed by atoms with Crippen molar-refractivity contribution in [3.8, 4) is 0 Å². The van der Waals surface area contributed by atoms with Gasteiger partial charge < -0.3 is 10.5 Å². The van der Waals surface area contributed by atoms with Gasteiger partial charge in [0.25, 0.3) is 0 Å². The average molecular weight is 260 g/mol. The molecule has 1 atom stereocenters. The minimum Gasteiger partial charge on any atom is -0.381 e. The Hall–Kier alpha value is -1.12. The molecule has 0 unspecified atom stereocenters. The van der Waals surface area contributed by atoms with Gasteiger partial charge in [0.15, 0.2) is 5.82 Å². The van der Waals surface area contributed by atoms with Crippen molar-refractivity contribution >= 4 is 15.8 Å². The Morgan fingerprint density at radius 2 is 2.29 bits per heavy atom. The lowest BCUT2D eigenvalue weighted by molar-refractivity contribution is 0.0393. The monoisotopic (exact) mass is 260 g/mol. The maximum Gasteiger partial charge on any atom is 0.248 e. The first-order valence-corrected chi connectivity index (χ1v) is 6.75. The van der Waals surface area contributed by atoms with Gasteiger partial charge in [0.1, 0.15) is 4.90 Å². The maximum atomic E-state index is 12.4. The number of aryl methyl sites for hydroxylation is 1. The van der Waals surface area contributed by atoms with Crippen molar-refractivity contribution in [3.05, 3.63) is 6.20 Å². The molecule has 96 valence electrons. The van der Waals surface area contributed by atoms with E-state index in [4.69, 9.17) is 10.5 Å². The van der Waals surface area contributed by atoms with Gasteiger partial charge in [-0.05, 0) is 6.92 Å². The van der Waals surface area contributed by atoms with Crippen LogP contribution in [0, 0.1) is 0 Å². The second kappa shape index (κ2) is 4.28. The van der Waals surface area contributed by atoms with E-state index < -0.39 is 10.0 Å². The zero-order valence-electron chi connectivity index (χ0n) is 9.83. The molecular weight excluding hydrogens is 244 g/mol. The average Bonchev–Trinajstić information content (AvgIpc) is 2.59. The number of nitrogens with two attached hydrogens (primary N) is 1. The number of nitrogen functional groups attached to an aromatic ring is 1. The van der Waals surface area contributed by atoms with Crippen LogP contribution < -0.4 is 5.73 Å². The number of ether oxygens (including phenoxy) is 1. The summed E-state index contributed by atoms with van der Waals surface area (Å²) < 4.78 is 32.8. The third-order valence-corrected chi connectivity index (χ3v) is 4.75. The van der Waals surface area contributed by atoms with Crippen LogP contribution in [0.1, 0.15) is 6.92 Å². The molecule has 1 aromatic heterocycles. The number of sulfonamides is 1. The molecule has 1 saturated heterocycles. The number of hydrogen-bond donors (Lipinski definition) is 1. The first kappa shape index (κ1) is 12.3. The Balaban J connectivity index is 2.39. The number of aromatic nitrogens is 2. The van der Waals surface area contributed by atoms with Crippen LogP contribution in [0.5, 0.6) is 0 Å². The predicted molar refractivity (Wildman–Crippen MR) is 61.8 cm³/mol. The summed E-state index contributed by atoms with van der Waals surface area (Å²) in [7, 11) is -1.94. The van der Waals surface area contributed by atoms with Crippen molar-refractivity contribution in [2.45, 2.75) is 17.9 Å². The molecule has 0 spiro atoms. The van der Waals surface area contributed by atoms with Gasteiger partial charge in [-0.2, -0.15) is 9.40 Å².